The molecule has 6 N–H and O–H groups in total. The number of aliphatic hydroxyl groups excluding tert-OH is 1. The van der Waals surface area contributed by atoms with E-state index in [1.54, 1.807) is 12.1 Å². The molecule has 0 aliphatic heterocycles. The van der Waals surface area contributed by atoms with Crippen molar-refractivity contribution in [2.24, 2.45) is 10.7 Å². The topological polar surface area (TPSA) is 158 Å². The first-order chi connectivity index (χ1) is 12.6. The molecular weight excluding hydrogens is 342 g/mol. The van der Waals surface area contributed by atoms with E-state index in [1.807, 2.05) is 0 Å². The van der Waals surface area contributed by atoms with E-state index >= 15 is 0 Å². The maximum atomic E-state index is 11.3. The highest BCUT2D eigenvalue weighted by atomic mass is 16.6. The van der Waals surface area contributed by atoms with Crippen molar-refractivity contribution in [2.45, 2.75) is 6.54 Å². The zero-order valence-corrected chi connectivity index (χ0v) is 14.3. The highest BCUT2D eigenvalue weighted by molar-refractivity contribution is 5.93. The lowest BCUT2D eigenvalue weighted by Gasteiger charge is -2.06. The molecular formula is C16H21N5O5. The molecule has 0 aliphatic carbocycles. The number of hydrogen-bond donors (Lipinski definition) is 4. The molecule has 0 aliphatic rings. The number of rotatable bonds is 8. The molecule has 0 atom stereocenters. The fraction of sp³-hybridized carbons (Fsp3) is 0.312. The van der Waals surface area contributed by atoms with Gasteiger partial charge in [-0.2, -0.15) is 0 Å². The molecule has 2 aromatic rings. The molecule has 0 saturated carbocycles. The zero-order chi connectivity index (χ0) is 18.9. The van der Waals surface area contributed by atoms with Crippen LogP contribution in [-0.2, 0) is 11.3 Å². The number of fused-ring (bicyclic) bond motifs is 1. The summed E-state index contributed by atoms with van der Waals surface area (Å²) in [4.78, 5) is 15.6. The van der Waals surface area contributed by atoms with E-state index in [-0.39, 0.29) is 25.6 Å². The Balaban J connectivity index is 1.98. The average Bonchev–Trinajstić information content (AvgIpc) is 3.03. The van der Waals surface area contributed by atoms with E-state index in [4.69, 9.17) is 25.8 Å². The monoisotopic (exact) mass is 363 g/mol. The fourth-order valence-corrected chi connectivity index (χ4v) is 2.14. The molecule has 0 bridgehead atoms. The number of nitrogens with zero attached hydrogens (tertiary/aromatic N) is 2. The van der Waals surface area contributed by atoms with Crippen LogP contribution in [0.15, 0.2) is 33.4 Å². The van der Waals surface area contributed by atoms with Crippen molar-refractivity contribution in [2.75, 3.05) is 32.6 Å². The number of hydrogen-bond acceptors (Lipinski definition) is 9. The first kappa shape index (κ1) is 19.1. The predicted octanol–water partition coefficient (Wildman–Crippen LogP) is 0.550. The lowest BCUT2D eigenvalue weighted by molar-refractivity contribution is 0.120. The number of nitrogen functional groups attached to an aromatic ring is 1. The smallest absolute Gasteiger partial charge is 0.407 e. The van der Waals surface area contributed by atoms with Gasteiger partial charge < -0.3 is 35.9 Å². The van der Waals surface area contributed by atoms with Gasteiger partial charge in [0, 0.05) is 24.5 Å². The Bertz CT molecular complexity index is 815. The second-order valence-electron chi connectivity index (χ2n) is 5.16. The Morgan fingerprint density at radius 3 is 3.00 bits per heavy atom. The molecule has 1 heterocycles. The Morgan fingerprint density at radius 1 is 1.50 bits per heavy atom. The van der Waals surface area contributed by atoms with E-state index in [9.17, 15) is 4.79 Å². The van der Waals surface area contributed by atoms with E-state index in [1.165, 1.54) is 19.5 Å². The van der Waals surface area contributed by atoms with Crippen molar-refractivity contribution >= 4 is 29.1 Å². The highest BCUT2D eigenvalue weighted by Crippen LogP contribution is 2.32. The molecule has 0 saturated heterocycles. The van der Waals surface area contributed by atoms with Gasteiger partial charge in [-0.15, -0.1) is 0 Å². The van der Waals surface area contributed by atoms with Gasteiger partial charge in [0.05, 0.1) is 20.3 Å². The number of methoxy groups -OCH3 is 1. The Kier molecular flexibility index (Phi) is 6.80. The number of carbonyl (C=O) groups excluding carboxylic acids is 1. The van der Waals surface area contributed by atoms with Gasteiger partial charge in [-0.05, 0) is 17.7 Å². The Labute approximate surface area is 149 Å². The van der Waals surface area contributed by atoms with Crippen molar-refractivity contribution in [3.63, 3.8) is 0 Å². The number of carbonyl (C=O) groups is 1. The first-order valence-corrected chi connectivity index (χ1v) is 7.72. The number of nitrogens with one attached hydrogen (secondary N) is 1. The van der Waals surface area contributed by atoms with Crippen LogP contribution >= 0.6 is 0 Å². The molecule has 10 nitrogen and oxygen atoms in total. The van der Waals surface area contributed by atoms with E-state index < -0.39 is 6.09 Å². The number of alkyl carbamates (subject to hydrolysis) is 1. The lowest BCUT2D eigenvalue weighted by Crippen LogP contribution is -2.28. The summed E-state index contributed by atoms with van der Waals surface area (Å²) in [5, 5.41) is 15.4. The van der Waals surface area contributed by atoms with Gasteiger partial charge in [0.15, 0.2) is 11.4 Å². The Hall–Kier alpha value is -3.27. The van der Waals surface area contributed by atoms with Crippen molar-refractivity contribution in [3.8, 4) is 5.75 Å². The van der Waals surface area contributed by atoms with Gasteiger partial charge >= 0.3 is 6.09 Å². The minimum atomic E-state index is -0.648. The van der Waals surface area contributed by atoms with Crippen LogP contribution in [0.1, 0.15) is 5.56 Å². The number of amides is 1. The Morgan fingerprint density at radius 2 is 2.31 bits per heavy atom. The van der Waals surface area contributed by atoms with Gasteiger partial charge in [-0.3, -0.25) is 4.99 Å². The van der Waals surface area contributed by atoms with Gasteiger partial charge in [-0.1, -0.05) is 5.16 Å². The number of ether oxygens (including phenoxy) is 2. The lowest BCUT2D eigenvalue weighted by atomic mass is 10.1. The summed E-state index contributed by atoms with van der Waals surface area (Å²) in [7, 11) is 1.53. The maximum absolute atomic E-state index is 11.3. The number of aromatic nitrogens is 1. The summed E-state index contributed by atoms with van der Waals surface area (Å²) in [5.41, 5.74) is 13.2. The largest absolute Gasteiger partial charge is 0.496 e. The SMILES string of the molecule is COc1cc(CN=C/C(=C\N)CNC(=O)OCCO)cc2onc(N)c12. The number of aliphatic hydroxyl groups is 1. The van der Waals surface area contributed by atoms with Crippen LogP contribution in [0.25, 0.3) is 11.0 Å². The summed E-state index contributed by atoms with van der Waals surface area (Å²) in [5.74, 6) is 0.814. The molecule has 1 amide bonds. The predicted molar refractivity (Wildman–Crippen MR) is 95.9 cm³/mol. The number of anilines is 1. The molecule has 0 unspecified atom stereocenters. The quantitative estimate of drug-likeness (QED) is 0.495. The molecule has 1 aromatic carbocycles. The molecule has 140 valence electrons. The summed E-state index contributed by atoms with van der Waals surface area (Å²) in [6, 6.07) is 3.57. The molecule has 0 spiro atoms. The van der Waals surface area contributed by atoms with Crippen LogP contribution in [0, 0.1) is 0 Å². The third kappa shape index (κ3) is 4.86. The molecule has 2 rings (SSSR count). The van der Waals surface area contributed by atoms with Crippen molar-refractivity contribution in [3.05, 3.63) is 29.5 Å². The second-order valence-corrected chi connectivity index (χ2v) is 5.16. The molecule has 0 fully saturated rings. The third-order valence-electron chi connectivity index (χ3n) is 3.35. The minimum Gasteiger partial charge on any atom is -0.496 e. The number of benzene rings is 1. The van der Waals surface area contributed by atoms with Crippen LogP contribution in [0.5, 0.6) is 5.75 Å². The van der Waals surface area contributed by atoms with E-state index in [0.29, 0.717) is 28.8 Å². The van der Waals surface area contributed by atoms with Crippen LogP contribution in [0.3, 0.4) is 0 Å². The van der Waals surface area contributed by atoms with Crippen molar-refractivity contribution in [1.29, 1.82) is 0 Å². The highest BCUT2D eigenvalue weighted by Gasteiger charge is 2.12. The molecule has 26 heavy (non-hydrogen) atoms. The van der Waals surface area contributed by atoms with Gasteiger partial charge in [0.2, 0.25) is 0 Å². The summed E-state index contributed by atoms with van der Waals surface area (Å²) in [6.07, 6.45) is 2.22. The van der Waals surface area contributed by atoms with Crippen molar-refractivity contribution < 1.29 is 23.9 Å². The van der Waals surface area contributed by atoms with Gasteiger partial charge in [0.25, 0.3) is 0 Å². The van der Waals surface area contributed by atoms with Crippen LogP contribution < -0.4 is 21.5 Å². The minimum absolute atomic E-state index is 0.0714. The molecule has 1 aromatic heterocycles. The maximum Gasteiger partial charge on any atom is 0.407 e. The average molecular weight is 363 g/mol. The van der Waals surface area contributed by atoms with Crippen LogP contribution in [0.2, 0.25) is 0 Å². The number of nitrogens with two attached hydrogens (primary N) is 2. The van der Waals surface area contributed by atoms with Crippen LogP contribution in [0.4, 0.5) is 10.6 Å². The second kappa shape index (κ2) is 9.28. The fourth-order valence-electron chi connectivity index (χ4n) is 2.14. The molecule has 10 heteroatoms. The number of aliphatic imine (C=N–C) groups is 1. The van der Waals surface area contributed by atoms with Gasteiger partial charge in [-0.25, -0.2) is 4.79 Å². The first-order valence-electron chi connectivity index (χ1n) is 7.72. The standard InChI is InChI=1S/C16H21N5O5/c1-24-12-4-10(5-13-14(12)15(18)21-26-13)7-19-8-11(6-17)9-20-16(23)25-3-2-22/h4-6,8,22H,2-3,7,9,17H2,1H3,(H2,18,21)(H,20,23)/b11-6+,19-8?. The third-order valence-corrected chi connectivity index (χ3v) is 3.35. The molecule has 0 radical (unpaired) electrons. The van der Waals surface area contributed by atoms with E-state index in [0.717, 1.165) is 5.56 Å². The summed E-state index contributed by atoms with van der Waals surface area (Å²) >= 11 is 0. The van der Waals surface area contributed by atoms with Gasteiger partial charge in [0.1, 0.15) is 17.7 Å². The van der Waals surface area contributed by atoms with Crippen LogP contribution in [-0.4, -0.2) is 49.4 Å². The normalized spacial score (nSPS) is 11.8. The summed E-state index contributed by atoms with van der Waals surface area (Å²) in [6.45, 7) is 0.168. The van der Waals surface area contributed by atoms with Crippen molar-refractivity contribution in [1.82, 2.24) is 10.5 Å². The van der Waals surface area contributed by atoms with E-state index in [2.05, 4.69) is 20.2 Å². The summed E-state index contributed by atoms with van der Waals surface area (Å²) < 4.78 is 15.1. The zero-order valence-electron chi connectivity index (χ0n) is 14.3.